The van der Waals surface area contributed by atoms with Gasteiger partial charge in [-0.1, -0.05) is 5.21 Å². The van der Waals surface area contributed by atoms with Crippen LogP contribution < -0.4 is 5.32 Å². The number of aromatic nitrogens is 3. The summed E-state index contributed by atoms with van der Waals surface area (Å²) < 4.78 is 1.74. The molecule has 14 heavy (non-hydrogen) atoms. The van der Waals surface area contributed by atoms with Crippen LogP contribution in [0.25, 0.3) is 0 Å². The second-order valence-electron chi connectivity index (χ2n) is 3.60. The van der Waals surface area contributed by atoms with Gasteiger partial charge in [0.25, 0.3) is 5.91 Å². The Hall–Kier alpha value is -1.43. The number of nitrogens with zero attached hydrogens (tertiary/aromatic N) is 4. The van der Waals surface area contributed by atoms with Crippen molar-refractivity contribution < 1.29 is 4.79 Å². The second kappa shape index (κ2) is 3.38. The topological polar surface area (TPSA) is 63.1 Å². The summed E-state index contributed by atoms with van der Waals surface area (Å²) in [6.07, 6.45) is 1.70. The van der Waals surface area contributed by atoms with Crippen LogP contribution in [0.5, 0.6) is 0 Å². The number of rotatable bonds is 2. The van der Waals surface area contributed by atoms with E-state index in [-0.39, 0.29) is 5.91 Å². The fourth-order valence-electron chi connectivity index (χ4n) is 1.24. The largest absolute Gasteiger partial charge is 0.343 e. The summed E-state index contributed by atoms with van der Waals surface area (Å²) in [6, 6.07) is 0.353. The third kappa shape index (κ3) is 1.48. The smallest absolute Gasteiger partial charge is 0.275 e. The minimum absolute atomic E-state index is 0.108. The Morgan fingerprint density at radius 2 is 2.36 bits per heavy atom. The third-order valence-electron chi connectivity index (χ3n) is 2.27. The maximum Gasteiger partial charge on any atom is 0.275 e. The summed E-state index contributed by atoms with van der Waals surface area (Å²) in [7, 11) is 3.40. The summed E-state index contributed by atoms with van der Waals surface area (Å²) >= 11 is 0. The molecular weight excluding hydrogens is 182 g/mol. The molecule has 1 aliphatic heterocycles. The average molecular weight is 195 g/mol. The van der Waals surface area contributed by atoms with E-state index in [1.807, 2.05) is 0 Å². The Balaban J connectivity index is 2.12. The van der Waals surface area contributed by atoms with E-state index in [0.717, 1.165) is 13.1 Å². The van der Waals surface area contributed by atoms with Gasteiger partial charge in [0.1, 0.15) is 0 Å². The van der Waals surface area contributed by atoms with E-state index in [1.54, 1.807) is 25.0 Å². The highest BCUT2D eigenvalue weighted by Crippen LogP contribution is 2.10. The number of hydrogen-bond donors (Lipinski definition) is 1. The number of hydrogen-bond acceptors (Lipinski definition) is 4. The normalized spacial score (nSPS) is 16.4. The summed E-state index contributed by atoms with van der Waals surface area (Å²) in [5, 5.41) is 10.9. The van der Waals surface area contributed by atoms with E-state index in [1.165, 1.54) is 4.90 Å². The highest BCUT2D eigenvalue weighted by molar-refractivity contribution is 5.91. The Labute approximate surface area is 81.9 Å². The van der Waals surface area contributed by atoms with E-state index < -0.39 is 0 Å². The Morgan fingerprint density at radius 3 is 2.86 bits per heavy atom. The van der Waals surface area contributed by atoms with Crippen molar-refractivity contribution in [3.8, 4) is 0 Å². The van der Waals surface area contributed by atoms with Crippen molar-refractivity contribution in [1.29, 1.82) is 0 Å². The van der Waals surface area contributed by atoms with Crippen molar-refractivity contribution in [3.05, 3.63) is 11.9 Å². The molecule has 1 aromatic heterocycles. The standard InChI is InChI=1S/C8H13N5O/c1-12(2)8(14)7-5-13(11-10-7)6-3-9-4-6/h5-6,9H,3-4H2,1-2H3. The van der Waals surface area contributed by atoms with Crippen LogP contribution in [0, 0.1) is 0 Å². The summed E-state index contributed by atoms with van der Waals surface area (Å²) in [5.74, 6) is -0.108. The molecule has 0 aromatic carbocycles. The molecule has 0 spiro atoms. The molecular formula is C8H13N5O. The number of amides is 1. The molecule has 0 saturated carbocycles. The molecule has 0 aliphatic carbocycles. The van der Waals surface area contributed by atoms with Crippen molar-refractivity contribution in [2.45, 2.75) is 6.04 Å². The maximum atomic E-state index is 11.5. The SMILES string of the molecule is CN(C)C(=O)c1cn(C2CNC2)nn1. The molecule has 0 unspecified atom stereocenters. The molecule has 0 bridgehead atoms. The second-order valence-corrected chi connectivity index (χ2v) is 3.60. The van der Waals surface area contributed by atoms with Gasteiger partial charge in [-0.05, 0) is 0 Å². The lowest BCUT2D eigenvalue weighted by Crippen LogP contribution is -2.43. The predicted molar refractivity (Wildman–Crippen MR) is 49.9 cm³/mol. The molecule has 1 saturated heterocycles. The van der Waals surface area contributed by atoms with Gasteiger partial charge in [-0.15, -0.1) is 5.10 Å². The lowest BCUT2D eigenvalue weighted by molar-refractivity contribution is 0.0822. The first kappa shape index (κ1) is 9.14. The fourth-order valence-corrected chi connectivity index (χ4v) is 1.24. The van der Waals surface area contributed by atoms with E-state index >= 15 is 0 Å². The minimum atomic E-state index is -0.108. The van der Waals surface area contributed by atoms with Crippen LogP contribution >= 0.6 is 0 Å². The van der Waals surface area contributed by atoms with Gasteiger partial charge in [0.15, 0.2) is 5.69 Å². The van der Waals surface area contributed by atoms with Crippen LogP contribution in [-0.4, -0.2) is 53.0 Å². The van der Waals surface area contributed by atoms with Gasteiger partial charge in [0, 0.05) is 27.2 Å². The lowest BCUT2D eigenvalue weighted by atomic mass is 10.2. The number of carbonyl (C=O) groups is 1. The quantitative estimate of drug-likeness (QED) is 0.666. The minimum Gasteiger partial charge on any atom is -0.343 e. The average Bonchev–Trinajstić information content (AvgIpc) is 2.48. The molecule has 1 amide bonds. The zero-order valence-corrected chi connectivity index (χ0v) is 8.27. The Morgan fingerprint density at radius 1 is 1.64 bits per heavy atom. The molecule has 1 fully saturated rings. The molecule has 0 radical (unpaired) electrons. The first-order chi connectivity index (χ1) is 6.68. The molecule has 76 valence electrons. The number of nitrogens with one attached hydrogen (secondary N) is 1. The molecule has 0 atom stereocenters. The summed E-state index contributed by atoms with van der Waals surface area (Å²) in [6.45, 7) is 1.80. The van der Waals surface area contributed by atoms with Gasteiger partial charge in [-0.3, -0.25) is 4.79 Å². The van der Waals surface area contributed by atoms with Crippen LogP contribution in [0.3, 0.4) is 0 Å². The third-order valence-corrected chi connectivity index (χ3v) is 2.27. The van der Waals surface area contributed by atoms with E-state index in [2.05, 4.69) is 15.6 Å². The van der Waals surface area contributed by atoms with Gasteiger partial charge in [0.05, 0.1) is 12.2 Å². The van der Waals surface area contributed by atoms with Crippen LogP contribution in [0.1, 0.15) is 16.5 Å². The van der Waals surface area contributed by atoms with Crippen LogP contribution in [0.4, 0.5) is 0 Å². The summed E-state index contributed by atoms with van der Waals surface area (Å²) in [5.41, 5.74) is 0.405. The molecule has 6 heteroatoms. The highest BCUT2D eigenvalue weighted by atomic mass is 16.2. The Bertz CT molecular complexity index is 341. The monoisotopic (exact) mass is 195 g/mol. The number of carbonyl (C=O) groups excluding carboxylic acids is 1. The van der Waals surface area contributed by atoms with Gasteiger partial charge in [-0.2, -0.15) is 0 Å². The van der Waals surface area contributed by atoms with Crippen LogP contribution in [0.2, 0.25) is 0 Å². The van der Waals surface area contributed by atoms with Gasteiger partial charge in [0.2, 0.25) is 0 Å². The summed E-state index contributed by atoms with van der Waals surface area (Å²) in [4.78, 5) is 13.0. The molecule has 1 aromatic rings. The highest BCUT2D eigenvalue weighted by Gasteiger charge is 2.21. The zero-order valence-electron chi connectivity index (χ0n) is 8.27. The fraction of sp³-hybridized carbons (Fsp3) is 0.625. The van der Waals surface area contributed by atoms with Crippen molar-refractivity contribution in [3.63, 3.8) is 0 Å². The first-order valence-corrected chi connectivity index (χ1v) is 4.52. The predicted octanol–water partition coefficient (Wildman–Crippen LogP) is -0.876. The molecule has 1 aliphatic rings. The van der Waals surface area contributed by atoms with E-state index in [4.69, 9.17) is 0 Å². The van der Waals surface area contributed by atoms with Crippen molar-refractivity contribution in [2.75, 3.05) is 27.2 Å². The van der Waals surface area contributed by atoms with Crippen molar-refractivity contribution in [1.82, 2.24) is 25.2 Å². The molecule has 1 N–H and O–H groups in total. The van der Waals surface area contributed by atoms with Gasteiger partial charge < -0.3 is 10.2 Å². The van der Waals surface area contributed by atoms with Crippen LogP contribution in [-0.2, 0) is 0 Å². The van der Waals surface area contributed by atoms with Gasteiger partial charge >= 0.3 is 0 Å². The molecule has 2 rings (SSSR count). The molecule has 2 heterocycles. The van der Waals surface area contributed by atoms with Crippen molar-refractivity contribution >= 4 is 5.91 Å². The zero-order chi connectivity index (χ0) is 10.1. The Kier molecular flexibility index (Phi) is 2.20. The van der Waals surface area contributed by atoms with Crippen molar-refractivity contribution in [2.24, 2.45) is 0 Å². The maximum absolute atomic E-state index is 11.5. The van der Waals surface area contributed by atoms with Crippen LogP contribution in [0.15, 0.2) is 6.20 Å². The van der Waals surface area contributed by atoms with E-state index in [0.29, 0.717) is 11.7 Å². The molecule has 6 nitrogen and oxygen atoms in total. The van der Waals surface area contributed by atoms with Gasteiger partial charge in [-0.25, -0.2) is 4.68 Å². The first-order valence-electron chi connectivity index (χ1n) is 4.52. The van der Waals surface area contributed by atoms with E-state index in [9.17, 15) is 4.79 Å². The lowest BCUT2D eigenvalue weighted by Gasteiger charge is -2.26.